The molecule has 0 radical (unpaired) electrons. The fourth-order valence-corrected chi connectivity index (χ4v) is 127. The molecule has 0 aliphatic heterocycles. The van der Waals surface area contributed by atoms with Crippen molar-refractivity contribution < 1.29 is 0 Å². The van der Waals surface area contributed by atoms with Gasteiger partial charge in [0, 0.05) is 0 Å². The van der Waals surface area contributed by atoms with Crippen LogP contribution < -0.4 is 4.40 Å². The predicted molar refractivity (Wildman–Crippen MR) is 399 cm³/mol. The molecule has 0 fully saturated rings. The van der Waals surface area contributed by atoms with E-state index in [2.05, 4.69) is 280 Å². The zero-order valence-corrected chi connectivity index (χ0v) is 75.4. The van der Waals surface area contributed by atoms with Crippen LogP contribution in [-0.2, 0) is 9.54 Å². The summed E-state index contributed by atoms with van der Waals surface area (Å²) in [6.07, 6.45) is 0. The van der Waals surface area contributed by atoms with E-state index in [1.807, 2.05) is 37.8 Å². The molecule has 0 aromatic heterocycles. The third kappa shape index (κ3) is 16.1. The molecule has 0 N–H and O–H groups in total. The summed E-state index contributed by atoms with van der Waals surface area (Å²) in [6, 6.07) is 12.2. The van der Waals surface area contributed by atoms with Crippen molar-refractivity contribution in [2.24, 2.45) is 0 Å². The zero-order valence-electron chi connectivity index (χ0n) is 57.2. The molecule has 74 heavy (non-hydrogen) atoms. The Morgan fingerprint density at radius 3 is 0.703 bits per heavy atom. The number of benzene rings is 2. The van der Waals surface area contributed by atoms with Crippen LogP contribution in [-0.4, -0.2) is 115 Å². The van der Waals surface area contributed by atoms with Gasteiger partial charge in [-0.25, -0.2) is 0 Å². The van der Waals surface area contributed by atoms with Crippen molar-refractivity contribution in [2.45, 2.75) is 291 Å². The first-order chi connectivity index (χ1) is 31.7. The Hall–Kier alpha value is 2.76. The summed E-state index contributed by atoms with van der Waals surface area (Å²) in [5.74, 6) is 0. The van der Waals surface area contributed by atoms with E-state index < -0.39 is 115 Å². The second-order valence-corrected chi connectivity index (χ2v) is 136. The summed E-state index contributed by atoms with van der Waals surface area (Å²) in [4.78, 5) is 0. The molecule has 16 heteroatoms. The minimum atomic E-state index is -3.56. The number of halogens is 2. The van der Waals surface area contributed by atoms with Gasteiger partial charge in [0.15, 0.2) is 0 Å². The number of rotatable bonds is 22. The van der Waals surface area contributed by atoms with Gasteiger partial charge < -0.3 is 0 Å². The van der Waals surface area contributed by atoms with Gasteiger partial charge in [0.2, 0.25) is 0 Å². The Bertz CT molecular complexity index is 2060. The summed E-state index contributed by atoms with van der Waals surface area (Å²) < 4.78 is 2.19. The van der Waals surface area contributed by atoms with Crippen LogP contribution in [0.2, 0.25) is 255 Å². The van der Waals surface area contributed by atoms with Crippen LogP contribution >= 0.6 is 28.0 Å². The molecule has 0 atom stereocenters. The molecule has 2 rings (SSSR count). The van der Waals surface area contributed by atoms with E-state index in [4.69, 9.17) is 28.0 Å². The van der Waals surface area contributed by atoms with Gasteiger partial charge in [-0.3, -0.25) is 0 Å². The number of hydrogen-bond acceptors (Lipinski definition) is 0. The normalized spacial score (nSPS) is 15.8. The first-order valence-electron chi connectivity index (χ1n) is 29.5. The molecule has 0 saturated heterocycles. The average Bonchev–Trinajstić information content (AvgIpc) is 2.97. The molecule has 0 saturated carbocycles. The molecule has 2 aromatic carbocycles. The van der Waals surface area contributed by atoms with Crippen LogP contribution in [0.25, 0.3) is 0 Å². The summed E-state index contributed by atoms with van der Waals surface area (Å²) in [7, 11) is -26.6. The van der Waals surface area contributed by atoms with Crippen LogP contribution in [0, 0.1) is 0 Å². The molecular weight excluding hydrogens is 1290 g/mol. The van der Waals surface area contributed by atoms with E-state index in [1.54, 1.807) is 5.56 Å². The topological polar surface area (TPSA) is 0 Å². The van der Waals surface area contributed by atoms with Crippen LogP contribution in [0.3, 0.4) is 0 Å². The SMILES string of the molecule is C[Si](C)(C)C(c1cc(C([Si](C)(C)C)[Si](C)(C)C)c([CH2][Ge]([Br])([Br])[c]2c(C([Si](C)(C)C)[Si](C)(C)C)cc(C([Si](C)(C)C)([Si](C)(C)C)[Si](C)(C)C)cc2C([Si](C)(C)C)[Si](C)(C)C)c(C([Si](C)(C)C)[Si](C)(C)C)c1)[Si](C)(C)C. The first-order valence-corrected chi connectivity index (χ1v) is 88.1. The van der Waals surface area contributed by atoms with Crippen molar-refractivity contribution in [3.05, 3.63) is 63.2 Å². The van der Waals surface area contributed by atoms with Gasteiger partial charge >= 0.3 is 501 Å². The number of hydrogen-bond donors (Lipinski definition) is 0. The minimum absolute atomic E-state index is 0.305. The summed E-state index contributed by atoms with van der Waals surface area (Å²) >= 11 is 10.5. The molecule has 0 aliphatic carbocycles. The Morgan fingerprint density at radius 1 is 0.311 bits per heavy atom. The second kappa shape index (κ2) is 22.6. The van der Waals surface area contributed by atoms with Gasteiger partial charge in [0.25, 0.3) is 0 Å². The van der Waals surface area contributed by atoms with Crippen LogP contribution in [0.1, 0.15) is 64.8 Å². The van der Waals surface area contributed by atoms with Crippen molar-refractivity contribution in [1.82, 2.24) is 0 Å². The molecule has 0 amide bonds. The van der Waals surface area contributed by atoms with E-state index in [0.717, 1.165) is 0 Å². The molecule has 430 valence electrons. The quantitative estimate of drug-likeness (QED) is 0.103. The van der Waals surface area contributed by atoms with Crippen molar-refractivity contribution in [3.8, 4) is 0 Å². The third-order valence-electron chi connectivity index (χ3n) is 17.4. The van der Waals surface area contributed by atoms with Crippen LogP contribution in [0.4, 0.5) is 0 Å². The monoisotopic (exact) mass is 1420 g/mol. The molecule has 2 aromatic rings. The Balaban J connectivity index is 4.06. The van der Waals surface area contributed by atoms with Crippen molar-refractivity contribution in [1.29, 1.82) is 0 Å². The molecule has 0 nitrogen and oxygen atoms in total. The summed E-state index contributed by atoms with van der Waals surface area (Å²) in [6.45, 7) is 108. The van der Waals surface area contributed by atoms with Gasteiger partial charge in [0.05, 0.1) is 0 Å². The Morgan fingerprint density at radius 2 is 0.514 bits per heavy atom. The molecular formula is C58H128Br2GeSi13. The van der Waals surface area contributed by atoms with Crippen LogP contribution in [0.15, 0.2) is 24.3 Å². The fourth-order valence-electron chi connectivity index (χ4n) is 19.6. The maximum absolute atomic E-state index is 5.26. The molecule has 0 spiro atoms. The van der Waals surface area contributed by atoms with Gasteiger partial charge in [-0.2, -0.15) is 0 Å². The molecule has 0 unspecified atom stereocenters. The summed E-state index contributed by atoms with van der Waals surface area (Å²) in [5.41, 5.74) is 12.9. The standard InChI is InChI=1S/C58H128Br2GeSi13/c1-62(2,3)53(63(4,5)6)45-40-47(54(64(7,8)9)65(10,11)12)51(48(41-45)55(66(13,14)15)67(16,17)18)44-61(59,60)52-49(56(68(19,20)21)69(22,23)24)42-46(43-50(52)57(70(25,26)27)71(28,29)30)58(72(31,32)33,73(34,35)36)74(37,38)39/h40-43,53-57H,44H2,1-39H3. The average molecular weight is 1420 g/mol. The van der Waals surface area contributed by atoms with Gasteiger partial charge in [-0.15, -0.1) is 0 Å². The fraction of sp³-hybridized carbons (Fsp3) is 0.793. The van der Waals surface area contributed by atoms with E-state index in [1.165, 1.54) is 5.25 Å². The van der Waals surface area contributed by atoms with Gasteiger partial charge in [0.1, 0.15) is 0 Å². The first kappa shape index (κ1) is 72.9. The maximum atomic E-state index is 5.26. The third-order valence-corrected chi connectivity index (χ3v) is 96.4. The van der Waals surface area contributed by atoms with Gasteiger partial charge in [-0.1, -0.05) is 0 Å². The zero-order chi connectivity index (χ0) is 59.5. The van der Waals surface area contributed by atoms with Crippen molar-refractivity contribution in [2.75, 3.05) is 0 Å². The van der Waals surface area contributed by atoms with E-state index in [0.29, 0.717) is 30.1 Å². The van der Waals surface area contributed by atoms with E-state index in [9.17, 15) is 0 Å². The van der Waals surface area contributed by atoms with Gasteiger partial charge in [-0.05, 0) is 0 Å². The predicted octanol–water partition coefficient (Wildman–Crippen LogP) is 22.0. The second-order valence-electron chi connectivity index (χ2n) is 38.4. The van der Waals surface area contributed by atoms with Crippen LogP contribution in [0.5, 0.6) is 0 Å². The van der Waals surface area contributed by atoms with Crippen molar-refractivity contribution >= 4 is 147 Å². The van der Waals surface area contributed by atoms with Crippen molar-refractivity contribution in [3.63, 3.8) is 0 Å². The molecule has 0 aliphatic rings. The molecule has 0 heterocycles. The molecule has 0 bridgehead atoms. The summed E-state index contributed by atoms with van der Waals surface area (Å²) in [5, 5.41) is 4.55. The van der Waals surface area contributed by atoms with E-state index >= 15 is 0 Å². The Labute approximate surface area is 495 Å². The van der Waals surface area contributed by atoms with E-state index in [-0.39, 0.29) is 0 Å². The Kier molecular flexibility index (Phi) is 22.3.